The molecule has 3 N–H and O–H groups in total. The lowest BCUT2D eigenvalue weighted by Gasteiger charge is -2.10. The number of hydrogen-bond acceptors (Lipinski definition) is 5. The molecular weight excluding hydrogens is 351 g/mol. The van der Waals surface area contributed by atoms with Crippen molar-refractivity contribution in [3.8, 4) is 11.9 Å². The minimum atomic E-state index is -0.455. The topological polar surface area (TPSA) is 101 Å². The Bertz CT molecular complexity index is 798. The molecule has 0 saturated heterocycles. The second-order valence-electron chi connectivity index (χ2n) is 4.78. The van der Waals surface area contributed by atoms with E-state index >= 15 is 0 Å². The molecule has 0 aliphatic heterocycles. The van der Waals surface area contributed by atoms with Crippen LogP contribution < -0.4 is 15.8 Å². The quantitative estimate of drug-likeness (QED) is 0.848. The molecule has 0 unspecified atom stereocenters. The Balaban J connectivity index is 2.19. The lowest BCUT2D eigenvalue weighted by Crippen LogP contribution is -2.24. The molecule has 8 heteroatoms. The Kier molecular flexibility index (Phi) is 5.85. The maximum Gasteiger partial charge on any atom is 0.270 e. The third kappa shape index (κ3) is 4.28. The van der Waals surface area contributed by atoms with Gasteiger partial charge in [0, 0.05) is 16.6 Å². The van der Waals surface area contributed by atoms with Gasteiger partial charge >= 0.3 is 0 Å². The summed E-state index contributed by atoms with van der Waals surface area (Å²) in [5.41, 5.74) is 6.83. The van der Waals surface area contributed by atoms with Crippen LogP contribution in [0.4, 0.5) is 5.69 Å². The number of nitrogens with zero attached hydrogens (tertiary/aromatic N) is 2. The maximum absolute atomic E-state index is 12.3. The first kappa shape index (κ1) is 17.9. The van der Waals surface area contributed by atoms with Crippen LogP contribution in [0.15, 0.2) is 24.3 Å². The number of nitrogen functional groups attached to an aromatic ring is 1. The molecule has 2 aromatic rings. The summed E-state index contributed by atoms with van der Waals surface area (Å²) in [4.78, 5) is 16.3. The summed E-state index contributed by atoms with van der Waals surface area (Å²) in [6.45, 7) is 2.26. The summed E-state index contributed by atoms with van der Waals surface area (Å²) < 4.78 is 5.27. The van der Waals surface area contributed by atoms with Gasteiger partial charge in [-0.25, -0.2) is 4.98 Å². The van der Waals surface area contributed by atoms with Gasteiger partial charge in [-0.05, 0) is 36.8 Å². The molecule has 0 saturated carbocycles. The van der Waals surface area contributed by atoms with E-state index in [0.29, 0.717) is 16.7 Å². The van der Waals surface area contributed by atoms with Crippen LogP contribution in [-0.4, -0.2) is 17.5 Å². The van der Waals surface area contributed by atoms with Crippen LogP contribution >= 0.6 is 23.2 Å². The van der Waals surface area contributed by atoms with E-state index in [1.165, 1.54) is 6.07 Å². The summed E-state index contributed by atoms with van der Waals surface area (Å²) in [7, 11) is 0. The Morgan fingerprint density at radius 1 is 1.33 bits per heavy atom. The van der Waals surface area contributed by atoms with Crippen LogP contribution in [0.2, 0.25) is 10.0 Å². The number of carbonyl (C=O) groups excluding carboxylic acids is 1. The van der Waals surface area contributed by atoms with Crippen LogP contribution in [0.5, 0.6) is 5.88 Å². The number of benzene rings is 1. The van der Waals surface area contributed by atoms with Crippen LogP contribution in [0, 0.1) is 11.3 Å². The van der Waals surface area contributed by atoms with Crippen molar-refractivity contribution in [1.29, 1.82) is 5.26 Å². The van der Waals surface area contributed by atoms with Crippen LogP contribution in [0.1, 0.15) is 28.5 Å². The first-order valence-corrected chi connectivity index (χ1v) is 7.76. The van der Waals surface area contributed by atoms with Crippen molar-refractivity contribution >= 4 is 34.8 Å². The number of halogens is 2. The van der Waals surface area contributed by atoms with Crippen molar-refractivity contribution in [3.63, 3.8) is 0 Å². The second-order valence-corrected chi connectivity index (χ2v) is 5.65. The lowest BCUT2D eigenvalue weighted by molar-refractivity contribution is 0.0945. The fraction of sp³-hybridized carbons (Fsp3) is 0.188. The van der Waals surface area contributed by atoms with Gasteiger partial charge in [-0.1, -0.05) is 23.2 Å². The summed E-state index contributed by atoms with van der Waals surface area (Å²) >= 11 is 11.8. The number of anilines is 1. The van der Waals surface area contributed by atoms with Crippen molar-refractivity contribution in [2.24, 2.45) is 0 Å². The fourth-order valence-electron chi connectivity index (χ4n) is 2.00. The number of aromatic nitrogens is 1. The molecule has 24 heavy (non-hydrogen) atoms. The highest BCUT2D eigenvalue weighted by molar-refractivity contribution is 6.34. The van der Waals surface area contributed by atoms with E-state index in [4.69, 9.17) is 38.9 Å². The number of rotatable bonds is 5. The molecule has 124 valence electrons. The standard InChI is InChI=1S/C16H14Cl2N4O2/c1-2-24-16-12(7-19)13(20)6-14(22-16)15(23)21-8-9-3-10(17)5-11(18)4-9/h3-6H,2,8H2,1H3,(H2,20,22)(H,21,23). The molecule has 0 radical (unpaired) electrons. The number of carbonyl (C=O) groups is 1. The van der Waals surface area contributed by atoms with Crippen LogP contribution in [0.25, 0.3) is 0 Å². The molecule has 0 aliphatic rings. The third-order valence-electron chi connectivity index (χ3n) is 3.02. The fourth-order valence-corrected chi connectivity index (χ4v) is 2.57. The number of nitrogens with two attached hydrogens (primary N) is 1. The van der Waals surface area contributed by atoms with Gasteiger partial charge in [0.05, 0.1) is 12.3 Å². The Morgan fingerprint density at radius 2 is 2.00 bits per heavy atom. The predicted octanol–water partition coefficient (Wildman–Crippen LogP) is 3.17. The van der Waals surface area contributed by atoms with E-state index < -0.39 is 5.91 Å². The third-order valence-corrected chi connectivity index (χ3v) is 3.45. The maximum atomic E-state index is 12.3. The first-order valence-electron chi connectivity index (χ1n) is 7.01. The van der Waals surface area contributed by atoms with Crippen LogP contribution in [0.3, 0.4) is 0 Å². The smallest absolute Gasteiger partial charge is 0.270 e. The Hall–Kier alpha value is -2.49. The van der Waals surface area contributed by atoms with Crippen molar-refractivity contribution in [2.75, 3.05) is 12.3 Å². The normalized spacial score (nSPS) is 10.1. The lowest BCUT2D eigenvalue weighted by atomic mass is 10.2. The Morgan fingerprint density at radius 3 is 2.58 bits per heavy atom. The molecule has 6 nitrogen and oxygen atoms in total. The number of amides is 1. The van der Waals surface area contributed by atoms with E-state index in [2.05, 4.69) is 10.3 Å². The van der Waals surface area contributed by atoms with Crippen molar-refractivity contribution in [3.05, 3.63) is 51.1 Å². The van der Waals surface area contributed by atoms with E-state index in [-0.39, 0.29) is 29.4 Å². The predicted molar refractivity (Wildman–Crippen MR) is 92.2 cm³/mol. The van der Waals surface area contributed by atoms with E-state index in [1.807, 2.05) is 6.07 Å². The molecule has 1 aromatic carbocycles. The molecule has 1 amide bonds. The van der Waals surface area contributed by atoms with Gasteiger partial charge in [0.1, 0.15) is 17.3 Å². The summed E-state index contributed by atoms with van der Waals surface area (Å²) in [6.07, 6.45) is 0. The zero-order valence-electron chi connectivity index (χ0n) is 12.8. The highest BCUT2D eigenvalue weighted by atomic mass is 35.5. The summed E-state index contributed by atoms with van der Waals surface area (Å²) in [5.74, 6) is -0.417. The van der Waals surface area contributed by atoms with Gasteiger partial charge in [0.25, 0.3) is 5.91 Å². The molecule has 2 rings (SSSR count). The van der Waals surface area contributed by atoms with Gasteiger partial charge < -0.3 is 15.8 Å². The molecule has 0 bridgehead atoms. The van der Waals surface area contributed by atoms with Gasteiger partial charge in [0.15, 0.2) is 0 Å². The first-order chi connectivity index (χ1) is 11.4. The Labute approximate surface area is 149 Å². The number of hydrogen-bond donors (Lipinski definition) is 2. The van der Waals surface area contributed by atoms with Gasteiger partial charge in [-0.3, -0.25) is 4.79 Å². The average Bonchev–Trinajstić information content (AvgIpc) is 2.51. The second kappa shape index (κ2) is 7.86. The van der Waals surface area contributed by atoms with Gasteiger partial charge in [0.2, 0.25) is 5.88 Å². The highest BCUT2D eigenvalue weighted by Gasteiger charge is 2.16. The van der Waals surface area contributed by atoms with Crippen LogP contribution in [-0.2, 0) is 6.54 Å². The van der Waals surface area contributed by atoms with Gasteiger partial charge in [-0.2, -0.15) is 5.26 Å². The zero-order chi connectivity index (χ0) is 17.7. The number of nitriles is 1. The highest BCUT2D eigenvalue weighted by Crippen LogP contribution is 2.23. The van der Waals surface area contributed by atoms with E-state index in [0.717, 1.165) is 5.56 Å². The minimum absolute atomic E-state index is 0.0379. The van der Waals surface area contributed by atoms with Crippen molar-refractivity contribution in [1.82, 2.24) is 10.3 Å². The van der Waals surface area contributed by atoms with Crippen molar-refractivity contribution < 1.29 is 9.53 Å². The molecule has 1 heterocycles. The number of pyridine rings is 1. The average molecular weight is 365 g/mol. The molecule has 0 atom stereocenters. The molecular formula is C16H14Cl2N4O2. The monoisotopic (exact) mass is 364 g/mol. The summed E-state index contributed by atoms with van der Waals surface area (Å²) in [5, 5.41) is 12.7. The molecule has 0 aliphatic carbocycles. The molecule has 0 fully saturated rings. The zero-order valence-corrected chi connectivity index (χ0v) is 14.3. The molecule has 0 spiro atoms. The number of ether oxygens (including phenoxy) is 1. The largest absolute Gasteiger partial charge is 0.477 e. The minimum Gasteiger partial charge on any atom is -0.477 e. The SMILES string of the molecule is CCOc1nc(C(=O)NCc2cc(Cl)cc(Cl)c2)cc(N)c1C#N. The van der Waals surface area contributed by atoms with Crippen molar-refractivity contribution in [2.45, 2.75) is 13.5 Å². The number of nitrogens with one attached hydrogen (secondary N) is 1. The van der Waals surface area contributed by atoms with E-state index in [1.54, 1.807) is 25.1 Å². The summed E-state index contributed by atoms with van der Waals surface area (Å²) in [6, 6.07) is 8.24. The van der Waals surface area contributed by atoms with Gasteiger partial charge in [-0.15, -0.1) is 0 Å². The van der Waals surface area contributed by atoms with E-state index in [9.17, 15) is 4.79 Å². The molecule has 1 aromatic heterocycles.